The molecule has 1 N–H and O–H groups in total. The molecule has 0 saturated heterocycles. The Kier molecular flexibility index (Phi) is 4.52. The summed E-state index contributed by atoms with van der Waals surface area (Å²) in [6.45, 7) is 0. The zero-order chi connectivity index (χ0) is 19.7. The molecule has 0 atom stereocenters. The smallest absolute Gasteiger partial charge is 0.301 e. The highest BCUT2D eigenvalue weighted by Crippen LogP contribution is 2.38. The number of benzene rings is 1. The highest BCUT2D eigenvalue weighted by atomic mass is 19.1. The van der Waals surface area contributed by atoms with E-state index in [1.165, 1.54) is 42.6 Å². The van der Waals surface area contributed by atoms with Gasteiger partial charge >= 0.3 is 5.69 Å². The zero-order valence-corrected chi connectivity index (χ0v) is 14.6. The van der Waals surface area contributed by atoms with Crippen LogP contribution in [0.15, 0.2) is 54.7 Å². The molecule has 140 valence electrons. The molecule has 2 heterocycles. The van der Waals surface area contributed by atoms with Gasteiger partial charge in [0.05, 0.1) is 16.2 Å². The van der Waals surface area contributed by atoms with Crippen LogP contribution in [0.25, 0.3) is 11.3 Å². The average Bonchev–Trinajstić information content (AvgIpc) is 3.54. The van der Waals surface area contributed by atoms with Gasteiger partial charge in [-0.2, -0.15) is 0 Å². The van der Waals surface area contributed by atoms with E-state index in [4.69, 9.17) is 0 Å². The standard InChI is InChI=1S/C20H15FN4O3/c21-15-6-3-13(4-7-15)17-9-10-18(25(27)28)19(23-17)24-20(26)14-5-8-16(22-11-14)12-1-2-12/h3-12H,1-2H2,(H,23,24,26). The first-order chi connectivity index (χ1) is 13.5. The van der Waals surface area contributed by atoms with Gasteiger partial charge in [0.15, 0.2) is 0 Å². The summed E-state index contributed by atoms with van der Waals surface area (Å²) in [5, 5.41) is 13.8. The first kappa shape index (κ1) is 17.7. The number of hydrogen-bond donors (Lipinski definition) is 1. The van der Waals surface area contributed by atoms with Crippen molar-refractivity contribution >= 4 is 17.4 Å². The van der Waals surface area contributed by atoms with Crippen LogP contribution in [-0.2, 0) is 0 Å². The number of halogens is 1. The Bertz CT molecular complexity index is 1050. The molecule has 4 rings (SSSR count). The molecule has 1 aliphatic carbocycles. The lowest BCUT2D eigenvalue weighted by molar-refractivity contribution is -0.384. The van der Waals surface area contributed by atoms with Gasteiger partial charge < -0.3 is 5.32 Å². The number of aromatic nitrogens is 2. The van der Waals surface area contributed by atoms with Crippen molar-refractivity contribution in [3.63, 3.8) is 0 Å². The number of carbonyl (C=O) groups excluding carboxylic acids is 1. The molecule has 1 saturated carbocycles. The third-order valence-electron chi connectivity index (χ3n) is 4.49. The van der Waals surface area contributed by atoms with Gasteiger partial charge in [-0.1, -0.05) is 0 Å². The summed E-state index contributed by atoms with van der Waals surface area (Å²) in [6, 6.07) is 11.7. The van der Waals surface area contributed by atoms with Crippen LogP contribution < -0.4 is 5.32 Å². The summed E-state index contributed by atoms with van der Waals surface area (Å²) in [4.78, 5) is 31.7. The van der Waals surface area contributed by atoms with E-state index in [-0.39, 0.29) is 17.1 Å². The Balaban J connectivity index is 1.62. The summed E-state index contributed by atoms with van der Waals surface area (Å²) in [7, 11) is 0. The number of nitro groups is 1. The normalized spacial score (nSPS) is 13.2. The number of nitrogens with one attached hydrogen (secondary N) is 1. The fraction of sp³-hybridized carbons (Fsp3) is 0.150. The molecule has 3 aromatic rings. The minimum atomic E-state index is -0.620. The van der Waals surface area contributed by atoms with Gasteiger partial charge in [0, 0.05) is 29.4 Å². The van der Waals surface area contributed by atoms with E-state index in [2.05, 4.69) is 15.3 Å². The quantitative estimate of drug-likeness (QED) is 0.527. The predicted octanol–water partition coefficient (Wildman–Crippen LogP) is 4.32. The Morgan fingerprint density at radius 2 is 1.86 bits per heavy atom. The molecule has 1 aliphatic rings. The maximum Gasteiger partial charge on any atom is 0.311 e. The molecule has 0 unspecified atom stereocenters. The van der Waals surface area contributed by atoms with Gasteiger partial charge in [-0.05, 0) is 55.3 Å². The average molecular weight is 378 g/mol. The highest BCUT2D eigenvalue weighted by molar-refractivity contribution is 6.04. The van der Waals surface area contributed by atoms with Gasteiger partial charge in [0.2, 0.25) is 5.82 Å². The predicted molar refractivity (Wildman–Crippen MR) is 100 cm³/mol. The molecule has 28 heavy (non-hydrogen) atoms. The third-order valence-corrected chi connectivity index (χ3v) is 4.49. The maximum atomic E-state index is 13.1. The van der Waals surface area contributed by atoms with Crippen LogP contribution in [0.3, 0.4) is 0 Å². The first-order valence-electron chi connectivity index (χ1n) is 8.70. The van der Waals surface area contributed by atoms with E-state index in [0.29, 0.717) is 17.2 Å². The summed E-state index contributed by atoms with van der Waals surface area (Å²) in [6.07, 6.45) is 3.66. The van der Waals surface area contributed by atoms with E-state index >= 15 is 0 Å². The van der Waals surface area contributed by atoms with Gasteiger partial charge in [0.25, 0.3) is 5.91 Å². The second-order valence-electron chi connectivity index (χ2n) is 6.53. The summed E-state index contributed by atoms with van der Waals surface area (Å²) in [5.41, 5.74) is 1.85. The van der Waals surface area contributed by atoms with Crippen LogP contribution in [0.5, 0.6) is 0 Å². The first-order valence-corrected chi connectivity index (χ1v) is 8.70. The molecule has 0 aliphatic heterocycles. The van der Waals surface area contributed by atoms with Crippen molar-refractivity contribution in [3.8, 4) is 11.3 Å². The highest BCUT2D eigenvalue weighted by Gasteiger charge is 2.25. The van der Waals surface area contributed by atoms with Gasteiger partial charge in [0.1, 0.15) is 5.82 Å². The Hall–Kier alpha value is -3.68. The second-order valence-corrected chi connectivity index (χ2v) is 6.53. The molecule has 7 nitrogen and oxygen atoms in total. The van der Waals surface area contributed by atoms with E-state index < -0.39 is 16.6 Å². The van der Waals surface area contributed by atoms with Crippen molar-refractivity contribution in [3.05, 3.63) is 81.9 Å². The molecule has 1 amide bonds. The van der Waals surface area contributed by atoms with Crippen LogP contribution in [0.1, 0.15) is 34.8 Å². The minimum absolute atomic E-state index is 0.178. The number of pyridine rings is 2. The van der Waals surface area contributed by atoms with Gasteiger partial charge in [-0.15, -0.1) is 0 Å². The Morgan fingerprint density at radius 3 is 2.46 bits per heavy atom. The molecular formula is C20H15FN4O3. The number of nitrogens with zero attached hydrogens (tertiary/aromatic N) is 3. The molecule has 0 spiro atoms. The summed E-state index contributed by atoms with van der Waals surface area (Å²) in [5.74, 6) is -0.654. The van der Waals surface area contributed by atoms with Crippen molar-refractivity contribution in [2.75, 3.05) is 5.32 Å². The lowest BCUT2D eigenvalue weighted by Gasteiger charge is -2.08. The summed E-state index contributed by atoms with van der Waals surface area (Å²) >= 11 is 0. The molecule has 1 fully saturated rings. The van der Waals surface area contributed by atoms with E-state index in [1.54, 1.807) is 12.1 Å². The van der Waals surface area contributed by atoms with Crippen LogP contribution >= 0.6 is 0 Å². The Labute approximate surface area is 159 Å². The molecule has 2 aromatic heterocycles. The van der Waals surface area contributed by atoms with Crippen molar-refractivity contribution in [1.82, 2.24) is 9.97 Å². The van der Waals surface area contributed by atoms with Crippen molar-refractivity contribution in [1.29, 1.82) is 0 Å². The van der Waals surface area contributed by atoms with Crippen molar-refractivity contribution in [2.45, 2.75) is 18.8 Å². The maximum absolute atomic E-state index is 13.1. The lowest BCUT2D eigenvalue weighted by atomic mass is 10.1. The molecular weight excluding hydrogens is 363 g/mol. The number of hydrogen-bond acceptors (Lipinski definition) is 5. The van der Waals surface area contributed by atoms with E-state index in [9.17, 15) is 19.3 Å². The second kappa shape index (κ2) is 7.15. The molecule has 8 heteroatoms. The fourth-order valence-electron chi connectivity index (χ4n) is 2.81. The third kappa shape index (κ3) is 3.71. The monoisotopic (exact) mass is 378 g/mol. The van der Waals surface area contributed by atoms with E-state index in [1.807, 2.05) is 0 Å². The summed E-state index contributed by atoms with van der Waals surface area (Å²) < 4.78 is 13.1. The SMILES string of the molecule is O=C(Nc1nc(-c2ccc(F)cc2)ccc1[N+](=O)[O-])c1ccc(C2CC2)nc1. The van der Waals surface area contributed by atoms with Gasteiger partial charge in [-0.3, -0.25) is 19.9 Å². The van der Waals surface area contributed by atoms with Gasteiger partial charge in [-0.25, -0.2) is 9.37 Å². The largest absolute Gasteiger partial charge is 0.311 e. The number of anilines is 1. The van der Waals surface area contributed by atoms with Crippen molar-refractivity contribution in [2.24, 2.45) is 0 Å². The fourth-order valence-corrected chi connectivity index (χ4v) is 2.81. The van der Waals surface area contributed by atoms with Crippen LogP contribution in [0.4, 0.5) is 15.9 Å². The topological polar surface area (TPSA) is 98.0 Å². The minimum Gasteiger partial charge on any atom is -0.301 e. The number of rotatable bonds is 5. The molecule has 0 radical (unpaired) electrons. The number of amides is 1. The molecule has 0 bridgehead atoms. The molecule has 1 aromatic carbocycles. The Morgan fingerprint density at radius 1 is 1.11 bits per heavy atom. The number of carbonyl (C=O) groups is 1. The van der Waals surface area contributed by atoms with Crippen molar-refractivity contribution < 1.29 is 14.1 Å². The zero-order valence-electron chi connectivity index (χ0n) is 14.6. The lowest BCUT2D eigenvalue weighted by Crippen LogP contribution is -2.15. The van der Waals surface area contributed by atoms with Crippen LogP contribution in [-0.4, -0.2) is 20.8 Å². The van der Waals surface area contributed by atoms with Crippen LogP contribution in [0, 0.1) is 15.9 Å². The van der Waals surface area contributed by atoms with E-state index in [0.717, 1.165) is 18.5 Å². The van der Waals surface area contributed by atoms with Crippen LogP contribution in [0.2, 0.25) is 0 Å².